The van der Waals surface area contributed by atoms with Gasteiger partial charge in [-0.05, 0) is 44.4 Å². The quantitative estimate of drug-likeness (QED) is 0.820. The van der Waals surface area contributed by atoms with Crippen molar-refractivity contribution in [2.24, 2.45) is 11.8 Å². The van der Waals surface area contributed by atoms with Crippen molar-refractivity contribution in [3.63, 3.8) is 0 Å². The third-order valence-electron chi connectivity index (χ3n) is 6.01. The van der Waals surface area contributed by atoms with E-state index >= 15 is 0 Å². The van der Waals surface area contributed by atoms with Crippen molar-refractivity contribution in [1.29, 1.82) is 0 Å². The van der Waals surface area contributed by atoms with E-state index in [1.54, 1.807) is 6.92 Å². The number of hydrogen-bond donors (Lipinski definition) is 0. The van der Waals surface area contributed by atoms with Crippen LogP contribution in [0.5, 0.6) is 0 Å². The van der Waals surface area contributed by atoms with E-state index in [2.05, 4.69) is 10.1 Å². The van der Waals surface area contributed by atoms with Crippen LogP contribution in [0.2, 0.25) is 0 Å². The van der Waals surface area contributed by atoms with E-state index in [-0.39, 0.29) is 17.7 Å². The number of likely N-dealkylation sites (tertiary alicyclic amines) is 2. The van der Waals surface area contributed by atoms with Crippen molar-refractivity contribution in [1.82, 2.24) is 19.9 Å². The fourth-order valence-electron chi connectivity index (χ4n) is 4.24. The lowest BCUT2D eigenvalue weighted by Crippen LogP contribution is -2.47. The summed E-state index contributed by atoms with van der Waals surface area (Å²) in [4.78, 5) is 32.8. The minimum Gasteiger partial charge on any atom is -0.343 e. The van der Waals surface area contributed by atoms with Crippen LogP contribution in [0, 0.1) is 11.8 Å². The minimum absolute atomic E-state index is 0.0641. The zero-order chi connectivity index (χ0) is 18.1. The third kappa shape index (κ3) is 3.91. The van der Waals surface area contributed by atoms with Gasteiger partial charge in [0.25, 0.3) is 0 Å². The summed E-state index contributed by atoms with van der Waals surface area (Å²) in [7, 11) is 0. The molecule has 7 nitrogen and oxygen atoms in total. The smallest absolute Gasteiger partial charge is 0.226 e. The van der Waals surface area contributed by atoms with E-state index in [1.165, 1.54) is 12.8 Å². The Bertz CT molecular complexity index is 661. The molecule has 1 aromatic heterocycles. The maximum Gasteiger partial charge on any atom is 0.226 e. The SMILES string of the molecule is CC(=O)N1CCC(C(=O)N2CCCC(Cc3nc(C4CC4)no3)C2)CC1. The molecule has 0 radical (unpaired) electrons. The molecule has 3 aliphatic rings. The fourth-order valence-corrected chi connectivity index (χ4v) is 4.24. The van der Waals surface area contributed by atoms with Gasteiger partial charge < -0.3 is 14.3 Å². The van der Waals surface area contributed by atoms with E-state index in [0.717, 1.165) is 56.9 Å². The van der Waals surface area contributed by atoms with Gasteiger partial charge in [0.15, 0.2) is 5.82 Å². The lowest BCUT2D eigenvalue weighted by atomic mass is 9.91. The molecule has 26 heavy (non-hydrogen) atoms. The summed E-state index contributed by atoms with van der Waals surface area (Å²) in [6, 6.07) is 0. The summed E-state index contributed by atoms with van der Waals surface area (Å²) in [5.74, 6) is 2.94. The van der Waals surface area contributed by atoms with Gasteiger partial charge in [0.05, 0.1) is 0 Å². The Morgan fingerprint density at radius 1 is 1.08 bits per heavy atom. The average molecular weight is 360 g/mol. The molecule has 1 atom stereocenters. The van der Waals surface area contributed by atoms with Crippen LogP contribution in [0.1, 0.15) is 63.1 Å². The molecule has 2 saturated heterocycles. The summed E-state index contributed by atoms with van der Waals surface area (Å²) in [6.07, 6.45) is 6.83. The van der Waals surface area contributed by atoms with E-state index in [1.807, 2.05) is 9.80 Å². The fraction of sp³-hybridized carbons (Fsp3) is 0.789. The number of hydrogen-bond acceptors (Lipinski definition) is 5. The Balaban J connectivity index is 1.29. The molecule has 1 aliphatic carbocycles. The standard InChI is InChI=1S/C19H28N4O3/c1-13(24)22-9-6-16(7-10-22)19(25)23-8-2-3-14(12-23)11-17-20-18(21-26-17)15-4-5-15/h14-16H,2-12H2,1H3. The van der Waals surface area contributed by atoms with Gasteiger partial charge >= 0.3 is 0 Å². The normalized spacial score (nSPS) is 24.7. The van der Waals surface area contributed by atoms with Crippen molar-refractivity contribution in [2.75, 3.05) is 26.2 Å². The van der Waals surface area contributed by atoms with Crippen LogP contribution in [0.4, 0.5) is 0 Å². The first-order valence-electron chi connectivity index (χ1n) is 9.97. The van der Waals surface area contributed by atoms with Crippen LogP contribution >= 0.6 is 0 Å². The van der Waals surface area contributed by atoms with Gasteiger partial charge in [0.2, 0.25) is 17.7 Å². The molecule has 2 aliphatic heterocycles. The van der Waals surface area contributed by atoms with Gasteiger partial charge in [-0.1, -0.05) is 5.16 Å². The topological polar surface area (TPSA) is 79.5 Å². The Labute approximate surface area is 154 Å². The van der Waals surface area contributed by atoms with Gasteiger partial charge in [-0.2, -0.15) is 4.98 Å². The maximum atomic E-state index is 12.9. The molecule has 3 heterocycles. The highest BCUT2D eigenvalue weighted by Gasteiger charge is 2.33. The molecule has 7 heteroatoms. The maximum absolute atomic E-state index is 12.9. The monoisotopic (exact) mass is 360 g/mol. The number of rotatable bonds is 4. The largest absolute Gasteiger partial charge is 0.343 e. The number of nitrogens with zero attached hydrogens (tertiary/aromatic N) is 4. The zero-order valence-electron chi connectivity index (χ0n) is 15.5. The molecule has 2 amide bonds. The molecular weight excluding hydrogens is 332 g/mol. The molecule has 0 spiro atoms. The van der Waals surface area contributed by atoms with E-state index in [4.69, 9.17) is 4.52 Å². The zero-order valence-corrected chi connectivity index (χ0v) is 15.5. The molecule has 4 rings (SSSR count). The Kier molecular flexibility index (Phi) is 4.96. The first-order valence-corrected chi connectivity index (χ1v) is 9.97. The Morgan fingerprint density at radius 2 is 1.85 bits per heavy atom. The highest BCUT2D eigenvalue weighted by molar-refractivity contribution is 5.79. The average Bonchev–Trinajstić information content (AvgIpc) is 3.41. The second-order valence-electron chi connectivity index (χ2n) is 8.10. The number of aromatic nitrogens is 2. The van der Waals surface area contributed by atoms with Crippen molar-refractivity contribution in [3.8, 4) is 0 Å². The van der Waals surface area contributed by atoms with Gasteiger partial charge in [0, 0.05) is 51.4 Å². The van der Waals surface area contributed by atoms with Crippen LogP contribution in [-0.2, 0) is 16.0 Å². The number of piperidine rings is 2. The first-order chi connectivity index (χ1) is 12.6. The summed E-state index contributed by atoms with van der Waals surface area (Å²) < 4.78 is 5.41. The van der Waals surface area contributed by atoms with Gasteiger partial charge in [-0.25, -0.2) is 0 Å². The van der Waals surface area contributed by atoms with E-state index in [9.17, 15) is 9.59 Å². The predicted octanol–water partition coefficient (Wildman–Crippen LogP) is 1.99. The lowest BCUT2D eigenvalue weighted by Gasteiger charge is -2.37. The van der Waals surface area contributed by atoms with Crippen LogP contribution in [-0.4, -0.2) is 57.9 Å². The molecule has 3 fully saturated rings. The summed E-state index contributed by atoms with van der Waals surface area (Å²) in [5, 5.41) is 4.09. The molecule has 1 saturated carbocycles. The van der Waals surface area contributed by atoms with Gasteiger partial charge in [-0.3, -0.25) is 9.59 Å². The molecule has 1 aromatic rings. The molecule has 0 bridgehead atoms. The lowest BCUT2D eigenvalue weighted by molar-refractivity contribution is -0.141. The van der Waals surface area contributed by atoms with Crippen LogP contribution in [0.15, 0.2) is 4.52 Å². The summed E-state index contributed by atoms with van der Waals surface area (Å²) in [5.41, 5.74) is 0. The van der Waals surface area contributed by atoms with E-state index < -0.39 is 0 Å². The predicted molar refractivity (Wildman–Crippen MR) is 94.3 cm³/mol. The van der Waals surface area contributed by atoms with Gasteiger partial charge in [0.1, 0.15) is 0 Å². The second kappa shape index (κ2) is 7.37. The molecular formula is C19H28N4O3. The summed E-state index contributed by atoms with van der Waals surface area (Å²) in [6.45, 7) is 4.64. The molecule has 0 aromatic carbocycles. The van der Waals surface area contributed by atoms with Gasteiger partial charge in [-0.15, -0.1) is 0 Å². The van der Waals surface area contributed by atoms with Crippen molar-refractivity contribution in [2.45, 2.75) is 57.8 Å². The highest BCUT2D eigenvalue weighted by Crippen LogP contribution is 2.38. The number of amides is 2. The molecule has 0 N–H and O–H groups in total. The third-order valence-corrected chi connectivity index (χ3v) is 6.01. The van der Waals surface area contributed by atoms with Crippen molar-refractivity contribution < 1.29 is 14.1 Å². The molecule has 142 valence electrons. The highest BCUT2D eigenvalue weighted by atomic mass is 16.5. The van der Waals surface area contributed by atoms with Crippen LogP contribution in [0.25, 0.3) is 0 Å². The molecule has 1 unspecified atom stereocenters. The van der Waals surface area contributed by atoms with Crippen molar-refractivity contribution in [3.05, 3.63) is 11.7 Å². The van der Waals surface area contributed by atoms with Crippen LogP contribution < -0.4 is 0 Å². The minimum atomic E-state index is 0.0641. The summed E-state index contributed by atoms with van der Waals surface area (Å²) >= 11 is 0. The number of carbonyl (C=O) groups is 2. The van der Waals surface area contributed by atoms with E-state index in [0.29, 0.717) is 24.9 Å². The van der Waals surface area contributed by atoms with Crippen LogP contribution in [0.3, 0.4) is 0 Å². The first kappa shape index (κ1) is 17.5. The van der Waals surface area contributed by atoms with Crippen molar-refractivity contribution >= 4 is 11.8 Å². The number of carbonyl (C=O) groups excluding carboxylic acids is 2. The Hall–Kier alpha value is -1.92. The second-order valence-corrected chi connectivity index (χ2v) is 8.10. The Morgan fingerprint density at radius 3 is 2.54 bits per heavy atom.